The minimum Gasteiger partial charge on any atom is -0.496 e. The van der Waals surface area contributed by atoms with E-state index < -0.39 is 6.09 Å². The van der Waals surface area contributed by atoms with Crippen molar-refractivity contribution in [2.75, 3.05) is 26.8 Å². The Morgan fingerprint density at radius 1 is 0.972 bits per heavy atom. The Balaban J connectivity index is 1.54. The fraction of sp³-hybridized carbons (Fsp3) is 0.464. The van der Waals surface area contributed by atoms with Crippen molar-refractivity contribution < 1.29 is 28.6 Å². The Morgan fingerprint density at radius 3 is 2.36 bits per heavy atom. The van der Waals surface area contributed by atoms with Crippen LogP contribution in [0.5, 0.6) is 5.75 Å². The molecule has 1 fully saturated rings. The van der Waals surface area contributed by atoms with E-state index in [2.05, 4.69) is 22.8 Å². The quantitative estimate of drug-likeness (QED) is 0.354. The minimum absolute atomic E-state index is 0.176. The van der Waals surface area contributed by atoms with Gasteiger partial charge in [-0.25, -0.2) is 4.79 Å². The van der Waals surface area contributed by atoms with E-state index >= 15 is 0 Å². The third-order valence-electron chi connectivity index (χ3n) is 6.63. The summed E-state index contributed by atoms with van der Waals surface area (Å²) in [7, 11) is 1.55. The molecule has 1 aliphatic rings. The summed E-state index contributed by atoms with van der Waals surface area (Å²) >= 11 is 0. The molecular weight excluding hydrogens is 460 g/mol. The molecule has 0 heterocycles. The van der Waals surface area contributed by atoms with Gasteiger partial charge >= 0.3 is 12.1 Å². The van der Waals surface area contributed by atoms with Crippen LogP contribution >= 0.6 is 0 Å². The molecule has 0 spiro atoms. The SMILES string of the molecule is CCC(=O)OCCCNC(=O)OC1CCC(CNC(=O)c2ccccc2OC)(c2ccccc2)CC1. The second kappa shape index (κ2) is 13.5. The molecule has 8 nitrogen and oxygen atoms in total. The van der Waals surface area contributed by atoms with Crippen molar-refractivity contribution in [1.29, 1.82) is 0 Å². The number of esters is 1. The topological polar surface area (TPSA) is 103 Å². The van der Waals surface area contributed by atoms with Crippen molar-refractivity contribution in [1.82, 2.24) is 10.6 Å². The monoisotopic (exact) mass is 496 g/mol. The molecule has 194 valence electrons. The van der Waals surface area contributed by atoms with Gasteiger partial charge in [-0.3, -0.25) is 9.59 Å². The third-order valence-corrected chi connectivity index (χ3v) is 6.63. The van der Waals surface area contributed by atoms with Gasteiger partial charge in [0.15, 0.2) is 0 Å². The highest BCUT2D eigenvalue weighted by Crippen LogP contribution is 2.40. The van der Waals surface area contributed by atoms with Gasteiger partial charge in [0.1, 0.15) is 11.9 Å². The van der Waals surface area contributed by atoms with Crippen LogP contribution in [0.3, 0.4) is 0 Å². The van der Waals surface area contributed by atoms with Crippen molar-refractivity contribution in [2.24, 2.45) is 0 Å². The number of hydrogen-bond acceptors (Lipinski definition) is 6. The molecule has 0 atom stereocenters. The molecule has 0 radical (unpaired) electrons. The van der Waals surface area contributed by atoms with Crippen LogP contribution in [0.2, 0.25) is 0 Å². The first kappa shape index (κ1) is 27.0. The Labute approximate surface area is 212 Å². The number of amides is 2. The van der Waals surface area contributed by atoms with Crippen molar-refractivity contribution in [2.45, 2.75) is 57.0 Å². The van der Waals surface area contributed by atoms with E-state index in [4.69, 9.17) is 14.2 Å². The summed E-state index contributed by atoms with van der Waals surface area (Å²) in [5.41, 5.74) is 1.41. The molecule has 2 aromatic carbocycles. The second-order valence-electron chi connectivity index (χ2n) is 8.99. The maximum atomic E-state index is 13.0. The number of alkyl carbamates (subject to hydrolysis) is 1. The predicted octanol–water partition coefficient (Wildman–Crippen LogP) is 4.38. The second-order valence-corrected chi connectivity index (χ2v) is 8.99. The maximum Gasteiger partial charge on any atom is 0.407 e. The predicted molar refractivity (Wildman–Crippen MR) is 136 cm³/mol. The van der Waals surface area contributed by atoms with Crippen LogP contribution in [-0.4, -0.2) is 50.9 Å². The summed E-state index contributed by atoms with van der Waals surface area (Å²) in [5.74, 6) is 0.112. The molecule has 0 aromatic heterocycles. The molecule has 1 aliphatic carbocycles. The molecular formula is C28H36N2O6. The van der Waals surface area contributed by atoms with Gasteiger partial charge in [0.25, 0.3) is 5.91 Å². The van der Waals surface area contributed by atoms with Crippen LogP contribution in [0.4, 0.5) is 4.79 Å². The van der Waals surface area contributed by atoms with Crippen molar-refractivity contribution in [3.63, 3.8) is 0 Å². The van der Waals surface area contributed by atoms with E-state index in [1.54, 1.807) is 26.2 Å². The normalized spacial score (nSPS) is 19.1. The number of hydrogen-bond donors (Lipinski definition) is 2. The van der Waals surface area contributed by atoms with E-state index in [-0.39, 0.29) is 30.0 Å². The van der Waals surface area contributed by atoms with Gasteiger partial charge in [0.2, 0.25) is 0 Å². The molecule has 3 rings (SSSR count). The van der Waals surface area contributed by atoms with Gasteiger partial charge in [-0.1, -0.05) is 49.4 Å². The van der Waals surface area contributed by atoms with Gasteiger partial charge in [-0.15, -0.1) is 0 Å². The number of para-hydroxylation sites is 1. The Bertz CT molecular complexity index is 1000. The first-order valence-electron chi connectivity index (χ1n) is 12.5. The minimum atomic E-state index is -0.460. The molecule has 0 saturated heterocycles. The molecule has 2 amide bonds. The number of methoxy groups -OCH3 is 1. The van der Waals surface area contributed by atoms with E-state index in [0.29, 0.717) is 50.1 Å². The summed E-state index contributed by atoms with van der Waals surface area (Å²) in [4.78, 5) is 36.3. The van der Waals surface area contributed by atoms with Gasteiger partial charge < -0.3 is 24.8 Å². The lowest BCUT2D eigenvalue weighted by molar-refractivity contribution is -0.143. The Kier molecular flexibility index (Phi) is 10.2. The summed E-state index contributed by atoms with van der Waals surface area (Å²) in [6, 6.07) is 17.3. The molecule has 1 saturated carbocycles. The lowest BCUT2D eigenvalue weighted by atomic mass is 9.68. The number of benzene rings is 2. The van der Waals surface area contributed by atoms with Crippen molar-refractivity contribution in [3.05, 3.63) is 65.7 Å². The third kappa shape index (κ3) is 7.47. The lowest BCUT2D eigenvalue weighted by Gasteiger charge is -2.40. The molecule has 0 aliphatic heterocycles. The van der Waals surface area contributed by atoms with E-state index in [0.717, 1.165) is 18.4 Å². The summed E-state index contributed by atoms with van der Waals surface area (Å²) in [6.45, 7) is 2.87. The Hall–Kier alpha value is -3.55. The lowest BCUT2D eigenvalue weighted by Crippen LogP contribution is -2.45. The zero-order chi connectivity index (χ0) is 25.8. The van der Waals surface area contributed by atoms with E-state index in [9.17, 15) is 14.4 Å². The fourth-order valence-corrected chi connectivity index (χ4v) is 4.54. The zero-order valence-electron chi connectivity index (χ0n) is 21.1. The van der Waals surface area contributed by atoms with Crippen LogP contribution in [-0.2, 0) is 19.7 Å². The zero-order valence-corrected chi connectivity index (χ0v) is 21.1. The summed E-state index contributed by atoms with van der Waals surface area (Å²) < 4.78 is 16.0. The van der Waals surface area contributed by atoms with Crippen LogP contribution < -0.4 is 15.4 Å². The standard InChI is InChI=1S/C28H36N2O6/c1-3-25(31)35-19-9-18-29-27(33)36-22-14-16-28(17-15-22,21-10-5-4-6-11-21)20-30-26(32)23-12-7-8-13-24(23)34-2/h4-8,10-13,22H,3,9,14-20H2,1-2H3,(H,29,33)(H,30,32). The number of rotatable bonds is 11. The summed E-state index contributed by atoms with van der Waals surface area (Å²) in [6.07, 6.45) is 3.16. The van der Waals surface area contributed by atoms with E-state index in [1.807, 2.05) is 30.3 Å². The molecule has 0 unspecified atom stereocenters. The van der Waals surface area contributed by atoms with Gasteiger partial charge in [-0.2, -0.15) is 0 Å². The number of carbonyl (C=O) groups excluding carboxylic acids is 3. The molecule has 2 N–H and O–H groups in total. The maximum absolute atomic E-state index is 13.0. The molecule has 0 bridgehead atoms. The molecule has 8 heteroatoms. The van der Waals surface area contributed by atoms with Crippen molar-refractivity contribution in [3.8, 4) is 5.75 Å². The number of ether oxygens (including phenoxy) is 3. The highest BCUT2D eigenvalue weighted by Gasteiger charge is 2.38. The van der Waals surface area contributed by atoms with E-state index in [1.165, 1.54) is 0 Å². The van der Waals surface area contributed by atoms with Crippen LogP contribution in [0, 0.1) is 0 Å². The van der Waals surface area contributed by atoms with Gasteiger partial charge in [-0.05, 0) is 49.8 Å². The number of nitrogens with one attached hydrogen (secondary N) is 2. The van der Waals surface area contributed by atoms with Crippen LogP contribution in [0.1, 0.15) is 61.4 Å². The highest BCUT2D eigenvalue weighted by atomic mass is 16.6. The number of carbonyl (C=O) groups is 3. The summed E-state index contributed by atoms with van der Waals surface area (Å²) in [5, 5.41) is 5.84. The fourth-order valence-electron chi connectivity index (χ4n) is 4.54. The highest BCUT2D eigenvalue weighted by molar-refractivity contribution is 5.97. The molecule has 2 aromatic rings. The van der Waals surface area contributed by atoms with Crippen LogP contribution in [0.25, 0.3) is 0 Å². The van der Waals surface area contributed by atoms with Gasteiger partial charge in [0, 0.05) is 24.9 Å². The largest absolute Gasteiger partial charge is 0.496 e. The van der Waals surface area contributed by atoms with Crippen LogP contribution in [0.15, 0.2) is 54.6 Å². The first-order chi connectivity index (χ1) is 17.5. The Morgan fingerprint density at radius 2 is 1.67 bits per heavy atom. The van der Waals surface area contributed by atoms with Gasteiger partial charge in [0.05, 0.1) is 19.3 Å². The smallest absolute Gasteiger partial charge is 0.407 e. The van der Waals surface area contributed by atoms with Crippen molar-refractivity contribution >= 4 is 18.0 Å². The average Bonchev–Trinajstić information content (AvgIpc) is 2.92. The first-order valence-corrected chi connectivity index (χ1v) is 12.5. The molecule has 36 heavy (non-hydrogen) atoms. The average molecular weight is 497 g/mol.